The first-order valence-corrected chi connectivity index (χ1v) is 39.0. The summed E-state index contributed by atoms with van der Waals surface area (Å²) in [5.41, 5.74) is 34.9. The molecule has 0 saturated carbocycles. The van der Waals surface area contributed by atoms with Gasteiger partial charge < -0.3 is 29.4 Å². The number of hydrogen-bond acceptors (Lipinski definition) is 6. The van der Waals surface area contributed by atoms with Crippen molar-refractivity contribution in [1.82, 2.24) is 39.9 Å². The zero-order valence-electron chi connectivity index (χ0n) is 60.7. The second-order valence-corrected chi connectivity index (χ2v) is 26.3. The van der Waals surface area contributed by atoms with Crippen molar-refractivity contribution in [2.45, 2.75) is 27.7 Å². The van der Waals surface area contributed by atoms with Gasteiger partial charge in [0.05, 0.1) is 45.6 Å². The SMILES string of the molecule is C1=Cc2nc1c(-c1ccccc1)c1ccc([n-]1)c(-c1ccccc1)c1nc(c(-c3ccccc3)c3ccc([n-]3)c2-c2ccccc2)C=C1.COCOC.Cc1ccc(-c2c3nc(c(-c4ccc(C)cc4)c4ccc([n-]4)c(-c4ccc(C)cc4)c4nc(c(-c5ccc(C)cc5)c5ccc2[n-]5)C=C4)C=C3)cc1.[Cl][Cr+2].[Cl][Cr+2]. The van der Waals surface area contributed by atoms with Crippen molar-refractivity contribution in [3.05, 3.63) is 335 Å². The monoisotopic (exact) mass is 1530 g/mol. The number of benzene rings is 8. The van der Waals surface area contributed by atoms with Crippen LogP contribution in [0.1, 0.15) is 67.8 Å². The molecule has 109 heavy (non-hydrogen) atoms. The third-order valence-corrected chi connectivity index (χ3v) is 19.1. The van der Waals surface area contributed by atoms with E-state index < -0.39 is 0 Å². The second kappa shape index (κ2) is 34.6. The molecular formula is C95H72Cl2Cr2N8O2. The predicted molar refractivity (Wildman–Crippen MR) is 447 cm³/mol. The van der Waals surface area contributed by atoms with E-state index >= 15 is 0 Å². The number of methoxy groups -OCH3 is 2. The molecule has 0 aliphatic carbocycles. The summed E-state index contributed by atoms with van der Waals surface area (Å²) in [7, 11) is 12.2. The van der Waals surface area contributed by atoms with Gasteiger partial charge in [-0.15, -0.1) is 44.1 Å². The molecule has 0 unspecified atom stereocenters. The number of nitrogens with zero attached hydrogens (tertiary/aromatic N) is 8. The molecule has 0 radical (unpaired) electrons. The van der Waals surface area contributed by atoms with E-state index in [2.05, 4.69) is 379 Å². The first kappa shape index (κ1) is 74.4. The van der Waals surface area contributed by atoms with E-state index in [1.807, 2.05) is 24.3 Å². The van der Waals surface area contributed by atoms with Crippen LogP contribution in [0.2, 0.25) is 0 Å². The molecular weight excluding hydrogens is 1460 g/mol. The number of aromatic nitrogens is 8. The summed E-state index contributed by atoms with van der Waals surface area (Å²) in [6.07, 6.45) is 16.9. The predicted octanol–water partition coefficient (Wildman–Crippen LogP) is 24.0. The summed E-state index contributed by atoms with van der Waals surface area (Å²) in [4.78, 5) is 42.7. The second-order valence-electron chi connectivity index (χ2n) is 26.3. The Morgan fingerprint density at radius 1 is 0.220 bits per heavy atom. The average molecular weight is 1530 g/mol. The van der Waals surface area contributed by atoms with Gasteiger partial charge in [0, 0.05) is 14.2 Å². The number of halogens is 2. The van der Waals surface area contributed by atoms with E-state index in [4.69, 9.17) is 39.9 Å². The van der Waals surface area contributed by atoms with Crippen molar-refractivity contribution in [2.24, 2.45) is 0 Å². The Morgan fingerprint density at radius 3 is 0.505 bits per heavy atom. The Kier molecular flexibility index (Phi) is 23.6. The first-order valence-electron chi connectivity index (χ1n) is 35.5. The van der Waals surface area contributed by atoms with E-state index in [0.717, 1.165) is 179 Å². The maximum absolute atomic E-state index is 5.37. The van der Waals surface area contributed by atoms with Crippen molar-refractivity contribution in [2.75, 3.05) is 21.0 Å². The molecule has 6 aromatic heterocycles. The molecule has 4 aliphatic heterocycles. The van der Waals surface area contributed by atoms with Gasteiger partial charge in [-0.25, -0.2) is 19.9 Å². The van der Waals surface area contributed by atoms with Gasteiger partial charge in [-0.1, -0.05) is 289 Å². The molecule has 18 rings (SSSR count). The molecule has 0 atom stereocenters. The van der Waals surface area contributed by atoms with Crippen LogP contribution in [0.4, 0.5) is 0 Å². The van der Waals surface area contributed by atoms with E-state index in [9.17, 15) is 0 Å². The van der Waals surface area contributed by atoms with Crippen molar-refractivity contribution in [1.29, 1.82) is 0 Å². The molecule has 10 nitrogen and oxygen atoms in total. The topological polar surface area (TPSA) is 126 Å². The first-order chi connectivity index (χ1) is 53.6. The molecule has 10 heterocycles. The van der Waals surface area contributed by atoms with Crippen LogP contribution in [0.25, 0.3) is 182 Å². The molecule has 0 saturated heterocycles. The molecule has 8 aromatic carbocycles. The Bertz CT molecular complexity index is 5370. The van der Waals surface area contributed by atoms with E-state index in [-0.39, 0.29) is 0 Å². The summed E-state index contributed by atoms with van der Waals surface area (Å²) in [5, 5.41) is 0. The molecule has 0 N–H and O–H groups in total. The standard InChI is InChI=1S/C48H36N4.C44H28N4.C3H8O2.2ClH.2Cr/c1-29-5-13-33(14-6-29)45-37-21-23-39(49-37)46(34-15-7-30(2)8-16-34)41-25-27-43(51-41)48(36-19-11-32(4)12-20-36)44-28-26-42(52-44)47(40-24-22-38(45)50-40)35-17-9-31(3)10-18-35;1-5-13-29(14-6-1)41-33-21-23-35(45-33)42(30-15-7-2-8-16-30)37-25-27-39(47-37)44(32-19-11-4-12-20-32)40-28-26-38(48-40)43(31-17-9-3-10-18-31)36-24-22-34(41)46-36;1-4-3-5-2;;;;/h5-28H,1-4H3;1-28H;3H2,1-2H3;2*1H;;/q2*-2;;;;2*+3/p-2. The van der Waals surface area contributed by atoms with Crippen molar-refractivity contribution in [3.63, 3.8) is 0 Å². The van der Waals surface area contributed by atoms with Crippen LogP contribution in [0.5, 0.6) is 0 Å². The van der Waals surface area contributed by atoms with Gasteiger partial charge in [0.25, 0.3) is 0 Å². The summed E-state index contributed by atoms with van der Waals surface area (Å²) in [6.45, 7) is 8.84. The zero-order valence-corrected chi connectivity index (χ0v) is 64.8. The Morgan fingerprint density at radius 2 is 0.367 bits per heavy atom. The van der Waals surface area contributed by atoms with Gasteiger partial charge in [0.2, 0.25) is 0 Å². The van der Waals surface area contributed by atoms with Crippen molar-refractivity contribution >= 4 is 113 Å². The van der Waals surface area contributed by atoms with Crippen molar-refractivity contribution < 1.29 is 40.2 Å². The summed E-state index contributed by atoms with van der Waals surface area (Å²) < 4.78 is 8.94. The Hall–Kier alpha value is -11.5. The van der Waals surface area contributed by atoms with Gasteiger partial charge in [0.15, 0.2) is 0 Å². The normalized spacial score (nSPS) is 11.5. The van der Waals surface area contributed by atoms with Crippen LogP contribution in [0.3, 0.4) is 0 Å². The van der Waals surface area contributed by atoms with Crippen LogP contribution in [-0.4, -0.2) is 40.9 Å². The quantitative estimate of drug-likeness (QED) is 0.122. The molecule has 14 heteroatoms. The number of fused-ring (bicyclic) bond motifs is 16. The van der Waals surface area contributed by atoms with Crippen LogP contribution in [0, 0.1) is 27.7 Å². The van der Waals surface area contributed by atoms with Crippen molar-refractivity contribution in [3.8, 4) is 89.0 Å². The fourth-order valence-electron chi connectivity index (χ4n) is 14.0. The van der Waals surface area contributed by atoms with E-state index in [1.165, 1.54) is 22.3 Å². The van der Waals surface area contributed by atoms with Gasteiger partial charge >= 0.3 is 50.8 Å². The van der Waals surface area contributed by atoms with Crippen LogP contribution in [0.15, 0.2) is 267 Å². The minimum absolute atomic E-state index is 0.389. The minimum atomic E-state index is 0.389. The molecule has 530 valence electrons. The zero-order chi connectivity index (χ0) is 75.3. The number of aryl methyl sites for hydroxylation is 4. The fourth-order valence-corrected chi connectivity index (χ4v) is 14.0. The fraction of sp³-hybridized carbons (Fsp3) is 0.0737. The molecule has 0 fully saturated rings. The molecule has 16 bridgehead atoms. The summed E-state index contributed by atoms with van der Waals surface area (Å²) in [5.74, 6) is 0. The van der Waals surface area contributed by atoms with Crippen LogP contribution >= 0.6 is 20.1 Å². The third kappa shape index (κ3) is 16.2. The van der Waals surface area contributed by atoms with E-state index in [0.29, 0.717) is 6.79 Å². The van der Waals surface area contributed by atoms with E-state index in [1.54, 1.807) is 14.2 Å². The number of ether oxygens (including phenoxy) is 2. The molecule has 14 aromatic rings. The number of hydrogen-bond donors (Lipinski definition) is 0. The number of rotatable bonds is 10. The van der Waals surface area contributed by atoms with Gasteiger partial charge in [0.1, 0.15) is 6.79 Å². The summed E-state index contributed by atoms with van der Waals surface area (Å²) in [6, 6.07) is 93.0. The van der Waals surface area contributed by atoms with Gasteiger partial charge in [-0.3, -0.25) is 0 Å². The maximum atomic E-state index is 5.37. The molecule has 0 amide bonds. The molecule has 0 spiro atoms. The molecule has 4 aliphatic rings. The average Bonchev–Trinajstić information content (AvgIpc) is 1.63. The third-order valence-electron chi connectivity index (χ3n) is 19.1. The van der Waals surface area contributed by atoms with Crippen LogP contribution < -0.4 is 19.9 Å². The van der Waals surface area contributed by atoms with Gasteiger partial charge in [-0.05, 0) is 165 Å². The van der Waals surface area contributed by atoms with Crippen LogP contribution in [-0.2, 0) is 40.2 Å². The Labute approximate surface area is 660 Å². The Balaban J connectivity index is 0.000000165. The summed E-state index contributed by atoms with van der Waals surface area (Å²) >= 11 is 4.19. The van der Waals surface area contributed by atoms with Gasteiger partial charge in [-0.2, -0.15) is 0 Å².